The van der Waals surface area contributed by atoms with Gasteiger partial charge >= 0.3 is 0 Å². The van der Waals surface area contributed by atoms with Crippen molar-refractivity contribution in [1.29, 1.82) is 0 Å². The number of pyridine rings is 1. The monoisotopic (exact) mass is 565 g/mol. The van der Waals surface area contributed by atoms with E-state index in [9.17, 15) is 0 Å². The van der Waals surface area contributed by atoms with E-state index >= 15 is 0 Å². The van der Waals surface area contributed by atoms with E-state index in [2.05, 4.69) is 93.7 Å². The Morgan fingerprint density at radius 1 is 1.03 bits per heavy atom. The summed E-state index contributed by atoms with van der Waals surface area (Å²) in [4.78, 5) is 16.5. The first-order chi connectivity index (χ1) is 15.7. The van der Waals surface area contributed by atoms with E-state index in [-0.39, 0.29) is 24.0 Å². The fourth-order valence-electron chi connectivity index (χ4n) is 3.83. The Bertz CT molecular complexity index is 805. The smallest absolute Gasteiger partial charge is 0.191 e. The van der Waals surface area contributed by atoms with Gasteiger partial charge < -0.3 is 25.3 Å². The topological polar surface area (TPSA) is 59.0 Å². The van der Waals surface area contributed by atoms with Crippen molar-refractivity contribution < 1.29 is 0 Å². The SMILES string of the molecule is CCNC(=NCc1ccc(N2CCN(C)CC2)nc1)NCCCN(CC)c1ccccc1.I. The number of aromatic nitrogens is 1. The molecule has 2 heterocycles. The normalized spacial score (nSPS) is 14.5. The van der Waals surface area contributed by atoms with Gasteiger partial charge in [-0.15, -0.1) is 24.0 Å². The average Bonchev–Trinajstić information content (AvgIpc) is 2.84. The number of likely N-dealkylation sites (N-methyl/N-ethyl adjacent to an activating group) is 1. The van der Waals surface area contributed by atoms with Crippen LogP contribution < -0.4 is 20.4 Å². The first-order valence-corrected chi connectivity index (χ1v) is 11.9. The number of nitrogens with one attached hydrogen (secondary N) is 2. The van der Waals surface area contributed by atoms with Gasteiger partial charge in [0.25, 0.3) is 0 Å². The molecule has 1 fully saturated rings. The van der Waals surface area contributed by atoms with Crippen molar-refractivity contribution in [2.24, 2.45) is 4.99 Å². The molecule has 8 heteroatoms. The van der Waals surface area contributed by atoms with E-state index in [4.69, 9.17) is 4.99 Å². The van der Waals surface area contributed by atoms with Crippen LogP contribution in [0, 0.1) is 0 Å². The maximum atomic E-state index is 4.75. The van der Waals surface area contributed by atoms with Crippen LogP contribution in [0.1, 0.15) is 25.8 Å². The number of benzene rings is 1. The second-order valence-electron chi connectivity index (χ2n) is 8.21. The van der Waals surface area contributed by atoms with E-state index in [1.165, 1.54) is 5.69 Å². The fourth-order valence-corrected chi connectivity index (χ4v) is 3.83. The van der Waals surface area contributed by atoms with Gasteiger partial charge in [0.15, 0.2) is 5.96 Å². The van der Waals surface area contributed by atoms with E-state index in [1.54, 1.807) is 0 Å². The molecule has 0 radical (unpaired) electrons. The molecular weight excluding hydrogens is 525 g/mol. The van der Waals surface area contributed by atoms with Crippen molar-refractivity contribution in [3.63, 3.8) is 0 Å². The number of rotatable bonds is 10. The van der Waals surface area contributed by atoms with Crippen LogP contribution in [-0.2, 0) is 6.54 Å². The fraction of sp³-hybridized carbons (Fsp3) is 0.520. The highest BCUT2D eigenvalue weighted by Gasteiger charge is 2.14. The summed E-state index contributed by atoms with van der Waals surface area (Å²) in [7, 11) is 2.17. The van der Waals surface area contributed by atoms with Gasteiger partial charge in [0, 0.05) is 64.2 Å². The van der Waals surface area contributed by atoms with Gasteiger partial charge in [-0.25, -0.2) is 9.98 Å². The van der Waals surface area contributed by atoms with Crippen LogP contribution in [0.4, 0.5) is 11.5 Å². The van der Waals surface area contributed by atoms with Gasteiger partial charge in [-0.1, -0.05) is 24.3 Å². The minimum atomic E-state index is 0. The van der Waals surface area contributed by atoms with Gasteiger partial charge in [-0.3, -0.25) is 0 Å². The molecule has 0 aliphatic carbocycles. The quantitative estimate of drug-likeness (QED) is 0.199. The second-order valence-corrected chi connectivity index (χ2v) is 8.21. The first-order valence-electron chi connectivity index (χ1n) is 11.9. The highest BCUT2D eigenvalue weighted by Crippen LogP contribution is 2.14. The van der Waals surface area contributed by atoms with E-state index in [0.717, 1.165) is 76.1 Å². The van der Waals surface area contributed by atoms with Crippen LogP contribution in [-0.4, -0.2) is 75.2 Å². The lowest BCUT2D eigenvalue weighted by Gasteiger charge is -2.33. The van der Waals surface area contributed by atoms with Gasteiger partial charge in [0.05, 0.1) is 6.54 Å². The maximum Gasteiger partial charge on any atom is 0.191 e. The summed E-state index contributed by atoms with van der Waals surface area (Å²) in [5.74, 6) is 1.92. The predicted molar refractivity (Wildman–Crippen MR) is 151 cm³/mol. The molecular formula is C25H40IN7. The lowest BCUT2D eigenvalue weighted by atomic mass is 10.2. The molecule has 1 aromatic heterocycles. The Kier molecular flexibility index (Phi) is 12.3. The first kappa shape index (κ1) is 27.2. The summed E-state index contributed by atoms with van der Waals surface area (Å²) in [6, 6.07) is 14.9. The zero-order chi connectivity index (χ0) is 22.6. The molecule has 33 heavy (non-hydrogen) atoms. The van der Waals surface area contributed by atoms with Crippen LogP contribution in [0.2, 0.25) is 0 Å². The third-order valence-corrected chi connectivity index (χ3v) is 5.80. The summed E-state index contributed by atoms with van der Waals surface area (Å²) >= 11 is 0. The van der Waals surface area contributed by atoms with E-state index < -0.39 is 0 Å². The van der Waals surface area contributed by atoms with Crippen LogP contribution in [0.5, 0.6) is 0 Å². The number of anilines is 2. The number of aliphatic imine (C=N–C) groups is 1. The van der Waals surface area contributed by atoms with Gasteiger partial charge in [-0.2, -0.15) is 0 Å². The Morgan fingerprint density at radius 2 is 1.79 bits per heavy atom. The highest BCUT2D eigenvalue weighted by atomic mass is 127. The standard InChI is InChI=1S/C25H39N7.HI/c1-4-26-25(27-14-9-15-31(5-2)23-10-7-6-8-11-23)29-21-22-12-13-24(28-20-22)32-18-16-30(3)17-19-32;/h6-8,10-13,20H,4-5,9,14-19,21H2,1-3H3,(H2,26,27,29);1H. The van der Waals surface area contributed by atoms with Crippen LogP contribution in [0.25, 0.3) is 0 Å². The molecule has 7 nitrogen and oxygen atoms in total. The summed E-state index contributed by atoms with van der Waals surface area (Å²) in [5.41, 5.74) is 2.41. The van der Waals surface area contributed by atoms with Crippen molar-refractivity contribution in [1.82, 2.24) is 20.5 Å². The van der Waals surface area contributed by atoms with Gasteiger partial charge in [-0.05, 0) is 51.1 Å². The third kappa shape index (κ3) is 9.00. The molecule has 0 amide bonds. The third-order valence-electron chi connectivity index (χ3n) is 5.80. The lowest BCUT2D eigenvalue weighted by molar-refractivity contribution is 0.312. The van der Waals surface area contributed by atoms with Crippen molar-refractivity contribution in [2.45, 2.75) is 26.8 Å². The van der Waals surface area contributed by atoms with Gasteiger partial charge in [0.2, 0.25) is 0 Å². The maximum absolute atomic E-state index is 4.75. The minimum Gasteiger partial charge on any atom is -0.372 e. The minimum absolute atomic E-state index is 0. The molecule has 0 bridgehead atoms. The van der Waals surface area contributed by atoms with Gasteiger partial charge in [0.1, 0.15) is 5.82 Å². The molecule has 3 rings (SSSR count). The molecule has 1 saturated heterocycles. The summed E-state index contributed by atoms with van der Waals surface area (Å²) in [5, 5.41) is 6.81. The number of hydrogen-bond donors (Lipinski definition) is 2. The van der Waals surface area contributed by atoms with Crippen LogP contribution in [0.3, 0.4) is 0 Å². The number of para-hydroxylation sites is 1. The van der Waals surface area contributed by atoms with Crippen molar-refractivity contribution in [3.8, 4) is 0 Å². The number of halogens is 1. The average molecular weight is 566 g/mol. The molecule has 1 aromatic carbocycles. The van der Waals surface area contributed by atoms with Crippen molar-refractivity contribution in [3.05, 3.63) is 54.2 Å². The molecule has 0 atom stereocenters. The van der Waals surface area contributed by atoms with E-state index in [1.807, 2.05) is 6.20 Å². The van der Waals surface area contributed by atoms with Crippen LogP contribution >= 0.6 is 24.0 Å². The Morgan fingerprint density at radius 3 is 2.42 bits per heavy atom. The van der Waals surface area contributed by atoms with E-state index in [0.29, 0.717) is 6.54 Å². The number of guanidine groups is 1. The molecule has 1 aliphatic heterocycles. The largest absolute Gasteiger partial charge is 0.372 e. The van der Waals surface area contributed by atoms with Crippen molar-refractivity contribution >= 4 is 41.4 Å². The molecule has 0 spiro atoms. The number of piperazine rings is 1. The zero-order valence-corrected chi connectivity index (χ0v) is 22.7. The molecule has 0 unspecified atom stereocenters. The Hall–Kier alpha value is -2.07. The molecule has 0 saturated carbocycles. The molecule has 2 aromatic rings. The summed E-state index contributed by atoms with van der Waals surface area (Å²) in [6.45, 7) is 12.9. The lowest BCUT2D eigenvalue weighted by Crippen LogP contribution is -2.44. The zero-order valence-electron chi connectivity index (χ0n) is 20.3. The second kappa shape index (κ2) is 15.0. The Labute approximate surface area is 216 Å². The highest BCUT2D eigenvalue weighted by molar-refractivity contribution is 14.0. The van der Waals surface area contributed by atoms with Crippen molar-refractivity contribution in [2.75, 3.05) is 69.2 Å². The summed E-state index contributed by atoms with van der Waals surface area (Å²) in [6.07, 6.45) is 3.01. The molecule has 182 valence electrons. The Balaban J connectivity index is 0.00000385. The molecule has 1 aliphatic rings. The number of nitrogens with zero attached hydrogens (tertiary/aromatic N) is 5. The summed E-state index contributed by atoms with van der Waals surface area (Å²) < 4.78 is 0. The molecule has 2 N–H and O–H groups in total. The van der Waals surface area contributed by atoms with Crippen LogP contribution in [0.15, 0.2) is 53.7 Å². The predicted octanol–water partition coefficient (Wildman–Crippen LogP) is 3.42. The number of hydrogen-bond acceptors (Lipinski definition) is 5.